The Hall–Kier alpha value is -1.36. The minimum Gasteiger partial charge on any atom is -0.507 e. The van der Waals surface area contributed by atoms with Crippen LogP contribution in [0.25, 0.3) is 16.7 Å². The minimum absolute atomic E-state index is 0. The molecule has 2 aromatic heterocycles. The van der Waals surface area contributed by atoms with E-state index in [2.05, 4.69) is 11.9 Å². The van der Waals surface area contributed by atoms with Crippen LogP contribution in [0, 0.1) is 0 Å². The zero-order chi connectivity index (χ0) is 15.5. The van der Waals surface area contributed by atoms with Crippen molar-refractivity contribution in [3.63, 3.8) is 0 Å². The Labute approximate surface area is 164 Å². The molecule has 0 spiro atoms. The fraction of sp³-hybridized carbons (Fsp3) is 0.222. The number of para-hydroxylation sites is 1. The molecule has 0 bridgehead atoms. The van der Waals surface area contributed by atoms with E-state index in [9.17, 15) is 9.90 Å². The number of hydrogen-bond acceptors (Lipinski definition) is 3. The van der Waals surface area contributed by atoms with Gasteiger partial charge in [-0.15, -0.1) is 0 Å². The molecule has 5 heteroatoms. The molecule has 0 saturated heterocycles. The number of pyridine rings is 2. The van der Waals surface area contributed by atoms with Gasteiger partial charge in [0.25, 0.3) is 5.56 Å². The van der Waals surface area contributed by atoms with Crippen LogP contribution in [-0.2, 0) is 6.42 Å². The molecule has 0 unspecified atom stereocenters. The van der Waals surface area contributed by atoms with Gasteiger partial charge in [-0.05, 0) is 37.1 Å². The number of nitrogens with zero attached hydrogens (tertiary/aromatic N) is 2. The zero-order valence-electron chi connectivity index (χ0n) is 13.2. The van der Waals surface area contributed by atoms with Gasteiger partial charge in [0.05, 0.1) is 16.6 Å². The van der Waals surface area contributed by atoms with Gasteiger partial charge >= 0.3 is 37.7 Å². The predicted octanol–water partition coefficient (Wildman–Crippen LogP) is 3.05. The van der Waals surface area contributed by atoms with Crippen LogP contribution in [0.1, 0.15) is 25.3 Å². The Morgan fingerprint density at radius 2 is 1.87 bits per heavy atom. The van der Waals surface area contributed by atoms with Crippen LogP contribution >= 0.6 is 0 Å². The maximum Gasteiger partial charge on any atom is 2.00 e. The third-order valence-electron chi connectivity index (χ3n) is 3.80. The largest absolute Gasteiger partial charge is 2.00 e. The maximum atomic E-state index is 12.9. The average Bonchev–Trinajstić information content (AvgIpc) is 2.56. The molecule has 3 rings (SSSR count). The summed E-state index contributed by atoms with van der Waals surface area (Å²) in [6.07, 6.45) is 4.03. The molecule has 0 fully saturated rings. The van der Waals surface area contributed by atoms with E-state index in [0.717, 1.165) is 18.5 Å². The summed E-state index contributed by atoms with van der Waals surface area (Å²) in [5.74, 6) is 0.0636. The first kappa shape index (κ1) is 18.0. The van der Waals surface area contributed by atoms with Crippen molar-refractivity contribution in [2.75, 3.05) is 0 Å². The van der Waals surface area contributed by atoms with Gasteiger partial charge in [0.2, 0.25) is 0 Å². The second kappa shape index (κ2) is 7.95. The number of aromatic hydroxyl groups is 1. The molecular weight excluding hydrogens is 316 g/mol. The molecule has 0 saturated carbocycles. The number of unbranched alkanes of at least 4 members (excludes halogenated alkanes) is 1. The molecule has 1 N–H and O–H groups in total. The predicted molar refractivity (Wildman–Crippen MR) is 93.4 cm³/mol. The van der Waals surface area contributed by atoms with Gasteiger partial charge < -0.3 is 5.11 Å². The summed E-state index contributed by atoms with van der Waals surface area (Å²) in [4.78, 5) is 17.2. The normalized spacial score (nSPS) is 10.5. The first-order valence-corrected chi connectivity index (χ1v) is 7.51. The first-order valence-electron chi connectivity index (χ1n) is 7.51. The Kier molecular flexibility index (Phi) is 6.22. The van der Waals surface area contributed by atoms with Crippen LogP contribution in [0.5, 0.6) is 5.75 Å². The molecule has 0 aliphatic carbocycles. The van der Waals surface area contributed by atoms with E-state index in [4.69, 9.17) is 0 Å². The fourth-order valence-electron chi connectivity index (χ4n) is 2.65. The number of benzene rings is 1. The van der Waals surface area contributed by atoms with Crippen molar-refractivity contribution in [1.82, 2.24) is 9.55 Å². The molecular formula is C18H18CaN2O2+2. The van der Waals surface area contributed by atoms with E-state index in [1.165, 1.54) is 0 Å². The maximum absolute atomic E-state index is 12.9. The van der Waals surface area contributed by atoms with Gasteiger partial charge in [-0.25, -0.2) is 4.98 Å². The molecule has 0 atom stereocenters. The van der Waals surface area contributed by atoms with Crippen molar-refractivity contribution in [3.8, 4) is 11.4 Å². The first-order chi connectivity index (χ1) is 10.7. The van der Waals surface area contributed by atoms with E-state index in [1.54, 1.807) is 22.9 Å². The summed E-state index contributed by atoms with van der Waals surface area (Å²) in [5, 5.41) is 11.1. The number of hydrogen-bond donors (Lipinski definition) is 1. The molecule has 23 heavy (non-hydrogen) atoms. The monoisotopic (exact) mass is 334 g/mol. The quantitative estimate of drug-likeness (QED) is 0.746. The second-order valence-corrected chi connectivity index (χ2v) is 5.28. The number of aromatic nitrogens is 2. The third-order valence-corrected chi connectivity index (χ3v) is 3.80. The van der Waals surface area contributed by atoms with E-state index in [-0.39, 0.29) is 49.0 Å². The van der Waals surface area contributed by atoms with Crippen LogP contribution < -0.4 is 5.56 Å². The fourth-order valence-corrected chi connectivity index (χ4v) is 2.65. The van der Waals surface area contributed by atoms with Crippen LogP contribution in [0.4, 0.5) is 0 Å². The second-order valence-electron chi connectivity index (χ2n) is 5.28. The van der Waals surface area contributed by atoms with E-state index >= 15 is 0 Å². The zero-order valence-corrected chi connectivity index (χ0v) is 15.4. The van der Waals surface area contributed by atoms with Crippen LogP contribution in [-0.4, -0.2) is 52.4 Å². The molecule has 0 aliphatic heterocycles. The average molecular weight is 334 g/mol. The summed E-state index contributed by atoms with van der Waals surface area (Å²) in [5.41, 5.74) is 1.51. The van der Waals surface area contributed by atoms with Gasteiger partial charge in [-0.2, -0.15) is 0 Å². The van der Waals surface area contributed by atoms with E-state index in [1.807, 2.05) is 30.3 Å². The minimum atomic E-state index is -0.191. The molecule has 112 valence electrons. The SMILES string of the molecule is CCCCc1c(O)c2cccnc2n(-c2ccccc2)c1=O.[Ca+2]. The topological polar surface area (TPSA) is 55.1 Å². The van der Waals surface area contributed by atoms with E-state index < -0.39 is 0 Å². The van der Waals surface area contributed by atoms with Crippen molar-refractivity contribution in [1.29, 1.82) is 0 Å². The number of rotatable bonds is 4. The van der Waals surface area contributed by atoms with Crippen LogP contribution in [0.3, 0.4) is 0 Å². The van der Waals surface area contributed by atoms with E-state index in [0.29, 0.717) is 23.0 Å². The molecule has 1 aromatic carbocycles. The third kappa shape index (κ3) is 3.44. The molecule has 0 aliphatic rings. The molecule has 0 radical (unpaired) electrons. The smallest absolute Gasteiger partial charge is 0.507 e. The number of fused-ring (bicyclic) bond motifs is 1. The molecule has 4 nitrogen and oxygen atoms in total. The van der Waals surface area contributed by atoms with Crippen molar-refractivity contribution < 1.29 is 5.11 Å². The van der Waals surface area contributed by atoms with Crippen LogP contribution in [0.15, 0.2) is 53.5 Å². The molecule has 0 amide bonds. The van der Waals surface area contributed by atoms with Crippen molar-refractivity contribution >= 4 is 48.8 Å². The van der Waals surface area contributed by atoms with Gasteiger partial charge in [-0.1, -0.05) is 31.5 Å². The van der Waals surface area contributed by atoms with Gasteiger partial charge in [-0.3, -0.25) is 9.36 Å². The standard InChI is InChI=1S/C18H18N2O2.Ca/c1-2-3-10-15-16(21)14-11-7-12-19-17(14)20(18(15)22)13-8-5-4-6-9-13;/h4-9,11-12,21H,2-3,10H2,1H3;/q;+2. The summed E-state index contributed by atoms with van der Waals surface area (Å²) < 4.78 is 1.58. The Bertz CT molecular complexity index is 860. The summed E-state index contributed by atoms with van der Waals surface area (Å²) in [6.45, 7) is 2.06. The van der Waals surface area contributed by atoms with Crippen LogP contribution in [0.2, 0.25) is 0 Å². The van der Waals surface area contributed by atoms with Crippen molar-refractivity contribution in [2.45, 2.75) is 26.2 Å². The van der Waals surface area contributed by atoms with Crippen molar-refractivity contribution in [2.24, 2.45) is 0 Å². The Morgan fingerprint density at radius 3 is 2.57 bits per heavy atom. The van der Waals surface area contributed by atoms with Gasteiger partial charge in [0.1, 0.15) is 5.75 Å². The Balaban J connectivity index is 0.00000192. The summed E-state index contributed by atoms with van der Waals surface area (Å²) in [7, 11) is 0. The Morgan fingerprint density at radius 1 is 1.13 bits per heavy atom. The van der Waals surface area contributed by atoms with Gasteiger partial charge in [0.15, 0.2) is 5.65 Å². The van der Waals surface area contributed by atoms with Gasteiger partial charge in [0, 0.05) is 6.20 Å². The summed E-state index contributed by atoms with van der Waals surface area (Å²) in [6, 6.07) is 13.0. The molecule has 2 heterocycles. The van der Waals surface area contributed by atoms with Crippen molar-refractivity contribution in [3.05, 3.63) is 64.6 Å². The summed E-state index contributed by atoms with van der Waals surface area (Å²) >= 11 is 0. The molecule has 3 aromatic rings.